The van der Waals surface area contributed by atoms with Crippen LogP contribution in [0, 0.1) is 0 Å². The normalized spacial score (nSPS) is 11.0. The molecule has 9 heteroatoms. The Hall–Kier alpha value is -4.40. The third-order valence-corrected chi connectivity index (χ3v) is 3.78. The predicted molar refractivity (Wildman–Crippen MR) is 116 cm³/mol. The van der Waals surface area contributed by atoms with Gasteiger partial charge in [-0.1, -0.05) is 48.5 Å². The summed E-state index contributed by atoms with van der Waals surface area (Å²) in [6.07, 6.45) is 3.02. The number of rotatable bonds is 6. The first kappa shape index (κ1) is 19.4. The highest BCUT2D eigenvalue weighted by atomic mass is 16.3. The van der Waals surface area contributed by atoms with Crippen LogP contribution < -0.4 is 22.9 Å². The van der Waals surface area contributed by atoms with Gasteiger partial charge in [-0.3, -0.25) is 0 Å². The summed E-state index contributed by atoms with van der Waals surface area (Å²) in [5, 5.41) is 14.6. The average Bonchev–Trinajstić information content (AvgIpc) is 3.17. The average molecular weight is 388 g/mol. The maximum absolute atomic E-state index is 5.72. The smallest absolute Gasteiger partial charge is 0.211 e. The van der Waals surface area contributed by atoms with E-state index in [2.05, 4.69) is 20.4 Å². The number of nitrogens with two attached hydrogens (primary N) is 4. The van der Waals surface area contributed by atoms with Gasteiger partial charge >= 0.3 is 0 Å². The molecule has 0 saturated heterocycles. The summed E-state index contributed by atoms with van der Waals surface area (Å²) in [6, 6.07) is 19.5. The second-order valence-corrected chi connectivity index (χ2v) is 5.94. The van der Waals surface area contributed by atoms with Gasteiger partial charge in [-0.2, -0.15) is 10.2 Å². The van der Waals surface area contributed by atoms with Crippen LogP contribution in [0.5, 0.6) is 0 Å². The number of furan rings is 1. The number of guanidine groups is 2. The SMILES string of the molecule is NC(N)=N/N=C/c1ccc(-c2ccc(-c3ccc(/C=N/N=C(N)N)o3)cc2)cc1. The highest BCUT2D eigenvalue weighted by Crippen LogP contribution is 2.26. The molecular formula is C20H20N8O. The molecule has 0 fully saturated rings. The lowest BCUT2D eigenvalue weighted by Crippen LogP contribution is -2.21. The van der Waals surface area contributed by atoms with E-state index in [1.165, 1.54) is 6.21 Å². The van der Waals surface area contributed by atoms with Crippen LogP contribution in [0.15, 0.2) is 85.5 Å². The van der Waals surface area contributed by atoms with Gasteiger partial charge in [-0.25, -0.2) is 0 Å². The molecule has 3 rings (SSSR count). The molecule has 0 bridgehead atoms. The number of benzene rings is 2. The van der Waals surface area contributed by atoms with Gasteiger partial charge in [0.25, 0.3) is 0 Å². The monoisotopic (exact) mass is 388 g/mol. The number of hydrogen-bond donors (Lipinski definition) is 4. The molecule has 0 atom stereocenters. The Kier molecular flexibility index (Phi) is 6.01. The molecule has 0 aliphatic rings. The van der Waals surface area contributed by atoms with Gasteiger partial charge < -0.3 is 27.4 Å². The Labute approximate surface area is 167 Å². The molecule has 29 heavy (non-hydrogen) atoms. The number of nitrogens with zero attached hydrogens (tertiary/aromatic N) is 4. The van der Waals surface area contributed by atoms with E-state index in [0.29, 0.717) is 11.5 Å². The molecule has 0 spiro atoms. The van der Waals surface area contributed by atoms with Gasteiger partial charge in [0.15, 0.2) is 0 Å². The van der Waals surface area contributed by atoms with E-state index in [1.54, 1.807) is 12.3 Å². The van der Waals surface area contributed by atoms with Crippen molar-refractivity contribution in [2.24, 2.45) is 43.3 Å². The fourth-order valence-corrected chi connectivity index (χ4v) is 2.48. The summed E-state index contributed by atoms with van der Waals surface area (Å²) in [6.45, 7) is 0. The maximum Gasteiger partial charge on any atom is 0.211 e. The van der Waals surface area contributed by atoms with E-state index in [9.17, 15) is 0 Å². The lowest BCUT2D eigenvalue weighted by molar-refractivity contribution is 0.575. The van der Waals surface area contributed by atoms with E-state index in [0.717, 1.165) is 22.3 Å². The molecule has 146 valence electrons. The van der Waals surface area contributed by atoms with Crippen molar-refractivity contribution in [1.29, 1.82) is 0 Å². The van der Waals surface area contributed by atoms with E-state index >= 15 is 0 Å². The Morgan fingerprint density at radius 1 is 0.621 bits per heavy atom. The quantitative estimate of drug-likeness (QED) is 0.287. The Balaban J connectivity index is 1.71. The maximum atomic E-state index is 5.72. The molecule has 1 aromatic heterocycles. The minimum Gasteiger partial charge on any atom is -0.455 e. The molecule has 0 radical (unpaired) electrons. The first-order valence-corrected chi connectivity index (χ1v) is 8.56. The van der Waals surface area contributed by atoms with Crippen molar-refractivity contribution in [2.75, 3.05) is 0 Å². The van der Waals surface area contributed by atoms with Gasteiger partial charge in [0.1, 0.15) is 11.5 Å². The summed E-state index contributed by atoms with van der Waals surface area (Å²) >= 11 is 0. The molecule has 2 aromatic carbocycles. The van der Waals surface area contributed by atoms with E-state index < -0.39 is 0 Å². The van der Waals surface area contributed by atoms with Crippen molar-refractivity contribution >= 4 is 24.3 Å². The molecule has 0 aliphatic heterocycles. The van der Waals surface area contributed by atoms with Crippen LogP contribution in [0.25, 0.3) is 22.5 Å². The largest absolute Gasteiger partial charge is 0.455 e. The molecule has 1 heterocycles. The zero-order valence-electron chi connectivity index (χ0n) is 15.4. The summed E-state index contributed by atoms with van der Waals surface area (Å²) in [5.74, 6) is 1.07. The van der Waals surface area contributed by atoms with Crippen molar-refractivity contribution in [1.82, 2.24) is 0 Å². The van der Waals surface area contributed by atoms with Gasteiger partial charge in [-0.15, -0.1) is 10.2 Å². The van der Waals surface area contributed by atoms with Crippen molar-refractivity contribution in [3.05, 3.63) is 72.0 Å². The zero-order chi connectivity index (χ0) is 20.6. The lowest BCUT2D eigenvalue weighted by atomic mass is 10.0. The molecule has 0 amide bonds. The van der Waals surface area contributed by atoms with Crippen LogP contribution in [0.1, 0.15) is 11.3 Å². The molecule has 0 unspecified atom stereocenters. The second-order valence-electron chi connectivity index (χ2n) is 5.94. The predicted octanol–water partition coefficient (Wildman–Crippen LogP) is 1.83. The minimum atomic E-state index is -0.113. The fraction of sp³-hybridized carbons (Fsp3) is 0. The summed E-state index contributed by atoms with van der Waals surface area (Å²) in [5.41, 5.74) is 24.9. The topological polar surface area (TPSA) is 167 Å². The first-order valence-electron chi connectivity index (χ1n) is 8.56. The third-order valence-electron chi connectivity index (χ3n) is 3.78. The van der Waals surface area contributed by atoms with Crippen LogP contribution in [0.4, 0.5) is 0 Å². The van der Waals surface area contributed by atoms with Crippen molar-refractivity contribution in [3.63, 3.8) is 0 Å². The summed E-state index contributed by atoms with van der Waals surface area (Å²) < 4.78 is 5.72. The molecule has 0 saturated carbocycles. The highest BCUT2D eigenvalue weighted by Gasteiger charge is 2.05. The molecule has 8 N–H and O–H groups in total. The van der Waals surface area contributed by atoms with Gasteiger partial charge in [0.2, 0.25) is 11.9 Å². The molecule has 3 aromatic rings. The summed E-state index contributed by atoms with van der Waals surface area (Å²) in [4.78, 5) is 0. The molecule has 9 nitrogen and oxygen atoms in total. The van der Waals surface area contributed by atoms with Crippen LogP contribution in [-0.2, 0) is 0 Å². The lowest BCUT2D eigenvalue weighted by Gasteiger charge is -2.04. The van der Waals surface area contributed by atoms with Crippen molar-refractivity contribution in [2.45, 2.75) is 0 Å². The second kappa shape index (κ2) is 9.00. The zero-order valence-corrected chi connectivity index (χ0v) is 15.4. The van der Waals surface area contributed by atoms with Crippen LogP contribution in [0.2, 0.25) is 0 Å². The van der Waals surface area contributed by atoms with Gasteiger partial charge in [-0.05, 0) is 28.8 Å². The molecule has 0 aliphatic carbocycles. The van der Waals surface area contributed by atoms with E-state index in [1.807, 2.05) is 54.6 Å². The van der Waals surface area contributed by atoms with E-state index in [-0.39, 0.29) is 11.9 Å². The van der Waals surface area contributed by atoms with Crippen molar-refractivity contribution < 1.29 is 4.42 Å². The third kappa shape index (κ3) is 5.54. The van der Waals surface area contributed by atoms with Crippen LogP contribution in [-0.4, -0.2) is 24.3 Å². The minimum absolute atomic E-state index is 0.0808. The Bertz CT molecular complexity index is 1070. The summed E-state index contributed by atoms with van der Waals surface area (Å²) in [7, 11) is 0. The Morgan fingerprint density at radius 2 is 1.14 bits per heavy atom. The highest BCUT2D eigenvalue weighted by molar-refractivity contribution is 5.83. The van der Waals surface area contributed by atoms with Gasteiger partial charge in [0, 0.05) is 5.56 Å². The Morgan fingerprint density at radius 3 is 1.72 bits per heavy atom. The van der Waals surface area contributed by atoms with E-state index in [4.69, 9.17) is 27.4 Å². The molecular weight excluding hydrogens is 368 g/mol. The van der Waals surface area contributed by atoms with Crippen molar-refractivity contribution in [3.8, 4) is 22.5 Å². The standard InChI is InChI=1S/C20H20N8O/c21-19(22)27-25-11-13-1-3-14(4-2-13)15-5-7-16(8-6-15)18-10-9-17(29-18)12-26-28-20(23)24/h1-12H,(H4,21,22,27)(H4,23,24,28)/b25-11+,26-12+. The first-order chi connectivity index (χ1) is 14.0. The fourth-order valence-electron chi connectivity index (χ4n) is 2.48. The van der Waals surface area contributed by atoms with Crippen LogP contribution >= 0.6 is 0 Å². The van der Waals surface area contributed by atoms with Crippen LogP contribution in [0.3, 0.4) is 0 Å². The number of hydrogen-bond acceptors (Lipinski definition) is 5. The van der Waals surface area contributed by atoms with Gasteiger partial charge in [0.05, 0.1) is 12.4 Å².